The fourth-order valence-electron chi connectivity index (χ4n) is 4.61. The van der Waals surface area contributed by atoms with Gasteiger partial charge in [-0.25, -0.2) is 0 Å². The van der Waals surface area contributed by atoms with Crippen LogP contribution >= 0.6 is 0 Å². The van der Waals surface area contributed by atoms with Gasteiger partial charge in [0.05, 0.1) is 18.8 Å². The zero-order valence-electron chi connectivity index (χ0n) is 19.7. The van der Waals surface area contributed by atoms with Crippen LogP contribution in [-0.4, -0.2) is 50.8 Å². The van der Waals surface area contributed by atoms with E-state index in [0.29, 0.717) is 23.8 Å². The van der Waals surface area contributed by atoms with Crippen LogP contribution in [0.1, 0.15) is 37.3 Å². The molecule has 2 unspecified atom stereocenters. The molecule has 0 bridgehead atoms. The Bertz CT molecular complexity index is 933. The van der Waals surface area contributed by atoms with Gasteiger partial charge in [-0.1, -0.05) is 31.0 Å². The van der Waals surface area contributed by atoms with Crippen molar-refractivity contribution in [3.05, 3.63) is 53.6 Å². The Morgan fingerprint density at radius 3 is 2.42 bits per heavy atom. The van der Waals surface area contributed by atoms with E-state index in [0.717, 1.165) is 64.2 Å². The van der Waals surface area contributed by atoms with Gasteiger partial charge in [0.1, 0.15) is 18.1 Å². The summed E-state index contributed by atoms with van der Waals surface area (Å²) in [5, 5.41) is 18.6. The summed E-state index contributed by atoms with van der Waals surface area (Å²) in [6.07, 6.45) is 3.75. The minimum Gasteiger partial charge on any atom is -0.506 e. The summed E-state index contributed by atoms with van der Waals surface area (Å²) in [6, 6.07) is 15.8. The van der Waals surface area contributed by atoms with Gasteiger partial charge in [-0.2, -0.15) is 5.26 Å². The molecule has 2 heterocycles. The first-order chi connectivity index (χ1) is 16.0. The molecule has 2 fully saturated rings. The van der Waals surface area contributed by atoms with Crippen LogP contribution in [0.5, 0.6) is 5.75 Å². The monoisotopic (exact) mass is 449 g/mol. The van der Waals surface area contributed by atoms with E-state index in [1.54, 1.807) is 12.1 Å². The van der Waals surface area contributed by atoms with Crippen LogP contribution in [0.15, 0.2) is 42.5 Å². The number of nitrogens with zero attached hydrogens (tertiary/aromatic N) is 3. The average Bonchev–Trinajstić information content (AvgIpc) is 3.34. The van der Waals surface area contributed by atoms with Crippen molar-refractivity contribution in [2.75, 3.05) is 49.2 Å². The van der Waals surface area contributed by atoms with E-state index in [9.17, 15) is 9.90 Å². The molecular formula is C27H35N3O3. The molecule has 2 aromatic rings. The number of aldehydes is 1. The van der Waals surface area contributed by atoms with Crippen molar-refractivity contribution in [1.82, 2.24) is 0 Å². The number of benzene rings is 2. The molecule has 0 spiro atoms. The first kappa shape index (κ1) is 24.6. The van der Waals surface area contributed by atoms with E-state index in [4.69, 9.17) is 10.00 Å². The Hall–Kier alpha value is -3.04. The zero-order chi connectivity index (χ0) is 23.6. The zero-order valence-corrected chi connectivity index (χ0v) is 19.7. The number of aromatic hydroxyl groups is 1. The maximum absolute atomic E-state index is 10.7. The van der Waals surface area contributed by atoms with Gasteiger partial charge in [0.25, 0.3) is 0 Å². The quantitative estimate of drug-likeness (QED) is 0.653. The predicted octanol–water partition coefficient (Wildman–Crippen LogP) is 4.54. The number of hydrogen-bond donors (Lipinski definition) is 1. The molecule has 2 aliphatic rings. The van der Waals surface area contributed by atoms with Crippen molar-refractivity contribution in [2.24, 2.45) is 11.8 Å². The number of hydrogen-bond acceptors (Lipinski definition) is 6. The van der Waals surface area contributed by atoms with Gasteiger partial charge >= 0.3 is 0 Å². The molecule has 4 rings (SSSR count). The molecule has 1 N–H and O–H groups in total. The van der Waals surface area contributed by atoms with Crippen molar-refractivity contribution in [2.45, 2.75) is 33.1 Å². The first-order valence-electron chi connectivity index (χ1n) is 11.9. The van der Waals surface area contributed by atoms with Crippen LogP contribution in [0.3, 0.4) is 0 Å². The summed E-state index contributed by atoms with van der Waals surface area (Å²) in [5.41, 5.74) is 3.88. The van der Waals surface area contributed by atoms with Gasteiger partial charge in [-0.15, -0.1) is 0 Å². The first-order valence-corrected chi connectivity index (χ1v) is 11.9. The molecule has 6 heteroatoms. The second-order valence-corrected chi connectivity index (χ2v) is 8.81. The Labute approximate surface area is 197 Å². The number of rotatable bonds is 6. The third kappa shape index (κ3) is 6.72. The van der Waals surface area contributed by atoms with Crippen molar-refractivity contribution in [3.8, 4) is 11.8 Å². The summed E-state index contributed by atoms with van der Waals surface area (Å²) in [5.74, 6) is 1.01. The van der Waals surface area contributed by atoms with Crippen molar-refractivity contribution >= 4 is 17.7 Å². The number of anilines is 2. The van der Waals surface area contributed by atoms with Crippen LogP contribution in [0.2, 0.25) is 0 Å². The molecule has 176 valence electrons. The van der Waals surface area contributed by atoms with Crippen LogP contribution in [0.25, 0.3) is 0 Å². The lowest BCUT2D eigenvalue weighted by molar-refractivity contribution is -0.109. The molecule has 0 aliphatic carbocycles. The lowest BCUT2D eigenvalue weighted by Crippen LogP contribution is -2.36. The van der Waals surface area contributed by atoms with Gasteiger partial charge in [-0.05, 0) is 49.4 Å². The summed E-state index contributed by atoms with van der Waals surface area (Å²) in [4.78, 5) is 15.3. The Morgan fingerprint density at radius 1 is 1.12 bits per heavy atom. The Morgan fingerprint density at radius 2 is 1.82 bits per heavy atom. The maximum atomic E-state index is 10.7. The minimum atomic E-state index is 0.0355. The van der Waals surface area contributed by atoms with E-state index < -0.39 is 0 Å². The lowest BCUT2D eigenvalue weighted by Gasteiger charge is -2.28. The van der Waals surface area contributed by atoms with Crippen LogP contribution in [-0.2, 0) is 9.53 Å². The van der Waals surface area contributed by atoms with Crippen LogP contribution in [0.4, 0.5) is 11.4 Å². The minimum absolute atomic E-state index is 0.0355. The molecular weight excluding hydrogens is 414 g/mol. The number of nitriles is 1. The maximum Gasteiger partial charge on any atom is 0.135 e. The summed E-state index contributed by atoms with van der Waals surface area (Å²) >= 11 is 0. The number of aryl methyl sites for hydroxylation is 1. The van der Waals surface area contributed by atoms with Crippen molar-refractivity contribution < 1.29 is 14.6 Å². The highest BCUT2D eigenvalue weighted by Gasteiger charge is 2.28. The third-order valence-corrected chi connectivity index (χ3v) is 6.69. The summed E-state index contributed by atoms with van der Waals surface area (Å²) < 4.78 is 5.30. The molecule has 0 radical (unpaired) electrons. The molecule has 6 nitrogen and oxygen atoms in total. The van der Waals surface area contributed by atoms with Crippen molar-refractivity contribution in [1.29, 1.82) is 5.26 Å². The van der Waals surface area contributed by atoms with E-state index in [1.165, 1.54) is 11.3 Å². The Kier molecular flexibility index (Phi) is 9.14. The van der Waals surface area contributed by atoms with Crippen molar-refractivity contribution in [3.63, 3.8) is 0 Å². The molecule has 2 aliphatic heterocycles. The number of carbonyl (C=O) groups is 1. The molecule has 2 atom stereocenters. The predicted molar refractivity (Wildman–Crippen MR) is 132 cm³/mol. The number of phenolic OH excluding ortho intramolecular Hbond substituents is 1. The topological polar surface area (TPSA) is 76.8 Å². The van der Waals surface area contributed by atoms with Gasteiger partial charge in [0.2, 0.25) is 0 Å². The molecule has 2 saturated heterocycles. The number of ether oxygens (including phenoxy) is 1. The van der Waals surface area contributed by atoms with Gasteiger partial charge < -0.3 is 24.4 Å². The molecule has 0 saturated carbocycles. The third-order valence-electron chi connectivity index (χ3n) is 6.69. The normalized spacial score (nSPS) is 18.8. The smallest absolute Gasteiger partial charge is 0.135 e. The highest BCUT2D eigenvalue weighted by molar-refractivity contribution is 5.57. The number of morpholine rings is 1. The fraction of sp³-hybridized carbons (Fsp3) is 0.481. The Balaban J connectivity index is 0.000000203. The van der Waals surface area contributed by atoms with E-state index in [2.05, 4.69) is 47.9 Å². The standard InChI is InChI=1S/C16H20N2O2.C11H15NO/c1-2-12(6-8-19)14-5-7-18(11-14)15-4-3-13(10-17)16(20)9-15;1-10-2-4-11(5-3-10)12-6-8-13-9-7-12/h3-4,8-9,12,14,20H,2,5-7,11H2,1H3;2-5H,6-9H2,1H3. The second-order valence-electron chi connectivity index (χ2n) is 8.81. The molecule has 2 aromatic carbocycles. The SMILES string of the molecule is CCC(CC=O)C1CCN(c2ccc(C#N)c(O)c2)C1.Cc1ccc(N2CCOCC2)cc1. The van der Waals surface area contributed by atoms with Gasteiger partial charge in [0, 0.05) is 50.0 Å². The van der Waals surface area contributed by atoms with E-state index in [-0.39, 0.29) is 5.75 Å². The average molecular weight is 450 g/mol. The summed E-state index contributed by atoms with van der Waals surface area (Å²) in [7, 11) is 0. The van der Waals surface area contributed by atoms with E-state index >= 15 is 0 Å². The number of carbonyl (C=O) groups excluding carboxylic acids is 1. The highest BCUT2D eigenvalue weighted by Crippen LogP contribution is 2.33. The fourth-order valence-corrected chi connectivity index (χ4v) is 4.61. The molecule has 0 amide bonds. The van der Waals surface area contributed by atoms with Crippen LogP contribution in [0, 0.1) is 30.1 Å². The molecule has 0 aromatic heterocycles. The van der Waals surface area contributed by atoms with Gasteiger partial charge in [0.15, 0.2) is 0 Å². The molecule has 33 heavy (non-hydrogen) atoms. The number of phenols is 1. The largest absolute Gasteiger partial charge is 0.506 e. The van der Waals surface area contributed by atoms with E-state index in [1.807, 2.05) is 12.1 Å². The highest BCUT2D eigenvalue weighted by atomic mass is 16.5. The lowest BCUT2D eigenvalue weighted by atomic mass is 9.87. The van der Waals surface area contributed by atoms with Gasteiger partial charge in [-0.3, -0.25) is 0 Å². The van der Waals surface area contributed by atoms with Crippen LogP contribution < -0.4 is 9.80 Å². The summed E-state index contributed by atoms with van der Waals surface area (Å²) in [6.45, 7) is 9.84. The second kappa shape index (κ2) is 12.3.